The van der Waals surface area contributed by atoms with Crippen molar-refractivity contribution in [3.63, 3.8) is 0 Å². The number of anilines is 1. The predicted octanol–water partition coefficient (Wildman–Crippen LogP) is 2.89. The summed E-state index contributed by atoms with van der Waals surface area (Å²) >= 11 is 3.14. The first-order valence-electron chi connectivity index (χ1n) is 4.47. The van der Waals surface area contributed by atoms with E-state index in [1.54, 1.807) is 0 Å². The van der Waals surface area contributed by atoms with E-state index < -0.39 is 11.6 Å². The number of nitrogens with zero attached hydrogens (tertiary/aromatic N) is 2. The normalized spacial score (nSPS) is 10.3. The van der Waals surface area contributed by atoms with Crippen molar-refractivity contribution in [1.29, 1.82) is 0 Å². The fourth-order valence-electron chi connectivity index (χ4n) is 1.10. The van der Waals surface area contributed by atoms with Gasteiger partial charge in [0.25, 0.3) is 5.88 Å². The van der Waals surface area contributed by atoms with Gasteiger partial charge in [0, 0.05) is 6.07 Å². The Balaban J connectivity index is 2.37. The summed E-state index contributed by atoms with van der Waals surface area (Å²) in [4.78, 5) is 7.01. The van der Waals surface area contributed by atoms with E-state index in [1.165, 1.54) is 12.1 Å². The summed E-state index contributed by atoms with van der Waals surface area (Å²) in [7, 11) is 0. The van der Waals surface area contributed by atoms with E-state index in [-0.39, 0.29) is 17.6 Å². The third-order valence-electron chi connectivity index (χ3n) is 1.83. The van der Waals surface area contributed by atoms with Crippen LogP contribution in [0.5, 0.6) is 11.6 Å². The highest BCUT2D eigenvalue weighted by Gasteiger charge is 2.11. The van der Waals surface area contributed by atoms with Gasteiger partial charge in [-0.05, 0) is 28.1 Å². The number of nitrogen functional groups attached to an aromatic ring is 1. The SMILES string of the molecule is Nc1ncc(F)c(Oc2cc(F)ccc2Br)n1. The lowest BCUT2D eigenvalue weighted by Gasteiger charge is -2.07. The van der Waals surface area contributed by atoms with E-state index >= 15 is 0 Å². The van der Waals surface area contributed by atoms with Gasteiger partial charge in [0.15, 0.2) is 0 Å². The number of rotatable bonds is 2. The third kappa shape index (κ3) is 2.68. The lowest BCUT2D eigenvalue weighted by molar-refractivity contribution is 0.416. The van der Waals surface area contributed by atoms with Gasteiger partial charge in [-0.1, -0.05) is 0 Å². The Kier molecular flexibility index (Phi) is 3.19. The van der Waals surface area contributed by atoms with Gasteiger partial charge in [0.1, 0.15) is 11.6 Å². The van der Waals surface area contributed by atoms with Crippen molar-refractivity contribution in [2.45, 2.75) is 0 Å². The van der Waals surface area contributed by atoms with Crippen molar-refractivity contribution in [2.24, 2.45) is 0 Å². The van der Waals surface area contributed by atoms with Gasteiger partial charge in [-0.2, -0.15) is 9.37 Å². The van der Waals surface area contributed by atoms with Crippen LogP contribution in [0.3, 0.4) is 0 Å². The van der Waals surface area contributed by atoms with Crippen LogP contribution < -0.4 is 10.5 Å². The molecule has 1 heterocycles. The largest absolute Gasteiger partial charge is 0.435 e. The van der Waals surface area contributed by atoms with Crippen LogP contribution in [-0.2, 0) is 0 Å². The molecule has 0 aliphatic carbocycles. The van der Waals surface area contributed by atoms with Gasteiger partial charge >= 0.3 is 0 Å². The molecule has 7 heteroatoms. The first kappa shape index (κ1) is 11.7. The van der Waals surface area contributed by atoms with Gasteiger partial charge < -0.3 is 10.5 Å². The monoisotopic (exact) mass is 301 g/mol. The first-order chi connectivity index (χ1) is 8.06. The van der Waals surface area contributed by atoms with Gasteiger partial charge in [0.05, 0.1) is 10.7 Å². The zero-order chi connectivity index (χ0) is 12.4. The topological polar surface area (TPSA) is 61.0 Å². The number of benzene rings is 1. The molecular formula is C10H6BrF2N3O. The molecule has 0 atom stereocenters. The molecule has 17 heavy (non-hydrogen) atoms. The molecule has 1 aromatic carbocycles. The summed E-state index contributed by atoms with van der Waals surface area (Å²) in [5.74, 6) is -1.68. The van der Waals surface area contributed by atoms with Crippen molar-refractivity contribution in [1.82, 2.24) is 9.97 Å². The van der Waals surface area contributed by atoms with Crippen molar-refractivity contribution in [2.75, 3.05) is 5.73 Å². The summed E-state index contributed by atoms with van der Waals surface area (Å²) < 4.78 is 31.8. The van der Waals surface area contributed by atoms with Crippen LogP contribution in [0.1, 0.15) is 0 Å². The van der Waals surface area contributed by atoms with E-state index in [1.807, 2.05) is 0 Å². The maximum absolute atomic E-state index is 13.3. The van der Waals surface area contributed by atoms with Crippen molar-refractivity contribution in [3.8, 4) is 11.6 Å². The molecule has 0 saturated carbocycles. The number of nitrogens with two attached hydrogens (primary N) is 1. The molecule has 2 N–H and O–H groups in total. The second-order valence-corrected chi connectivity index (χ2v) is 3.91. The Morgan fingerprint density at radius 2 is 2.06 bits per heavy atom. The molecule has 2 rings (SSSR count). The standard InChI is InChI=1S/C10H6BrF2N3O/c11-6-2-1-5(12)3-8(6)17-9-7(13)4-15-10(14)16-9/h1-4H,(H2,14,15,16). The molecule has 0 aliphatic heterocycles. The number of halogens is 3. The van der Waals surface area contributed by atoms with Crippen molar-refractivity contribution >= 4 is 21.9 Å². The van der Waals surface area contributed by atoms with Gasteiger partial charge in [-0.3, -0.25) is 0 Å². The second-order valence-electron chi connectivity index (χ2n) is 3.06. The van der Waals surface area contributed by atoms with Crippen LogP contribution in [0.2, 0.25) is 0 Å². The van der Waals surface area contributed by atoms with E-state index in [2.05, 4.69) is 25.9 Å². The first-order valence-corrected chi connectivity index (χ1v) is 5.26. The highest BCUT2D eigenvalue weighted by atomic mass is 79.9. The molecule has 0 spiro atoms. The van der Waals surface area contributed by atoms with Crippen LogP contribution in [0.4, 0.5) is 14.7 Å². The maximum atomic E-state index is 13.3. The lowest BCUT2D eigenvalue weighted by atomic mass is 10.3. The minimum Gasteiger partial charge on any atom is -0.435 e. The summed E-state index contributed by atoms with van der Waals surface area (Å²) in [5.41, 5.74) is 5.29. The summed E-state index contributed by atoms with van der Waals surface area (Å²) in [6.45, 7) is 0. The molecule has 0 unspecified atom stereocenters. The zero-order valence-electron chi connectivity index (χ0n) is 8.32. The minimum absolute atomic E-state index is 0.0991. The summed E-state index contributed by atoms with van der Waals surface area (Å²) in [6.07, 6.45) is 0.880. The molecule has 0 radical (unpaired) electrons. The molecule has 0 bridgehead atoms. The highest BCUT2D eigenvalue weighted by Crippen LogP contribution is 2.30. The Morgan fingerprint density at radius 1 is 1.29 bits per heavy atom. The van der Waals surface area contributed by atoms with Gasteiger partial charge in [-0.25, -0.2) is 9.37 Å². The highest BCUT2D eigenvalue weighted by molar-refractivity contribution is 9.10. The molecule has 0 saturated heterocycles. The van der Waals surface area contributed by atoms with Crippen LogP contribution in [0.15, 0.2) is 28.9 Å². The molecule has 4 nitrogen and oxygen atoms in total. The fraction of sp³-hybridized carbons (Fsp3) is 0. The average molecular weight is 302 g/mol. The lowest BCUT2D eigenvalue weighted by Crippen LogP contribution is -1.99. The smallest absolute Gasteiger partial charge is 0.260 e. The molecule has 0 fully saturated rings. The van der Waals surface area contributed by atoms with Crippen LogP contribution in [0.25, 0.3) is 0 Å². The summed E-state index contributed by atoms with van der Waals surface area (Å²) in [6, 6.07) is 3.77. The average Bonchev–Trinajstić information content (AvgIpc) is 2.28. The van der Waals surface area contributed by atoms with E-state index in [0.29, 0.717) is 4.47 Å². The number of hydrogen-bond acceptors (Lipinski definition) is 4. The van der Waals surface area contributed by atoms with Crippen LogP contribution in [-0.4, -0.2) is 9.97 Å². The van der Waals surface area contributed by atoms with E-state index in [9.17, 15) is 8.78 Å². The number of ether oxygens (including phenoxy) is 1. The van der Waals surface area contributed by atoms with E-state index in [4.69, 9.17) is 10.5 Å². The Bertz CT molecular complexity index is 516. The van der Waals surface area contributed by atoms with Crippen LogP contribution >= 0.6 is 15.9 Å². The fourth-order valence-corrected chi connectivity index (χ4v) is 1.42. The number of hydrogen-bond donors (Lipinski definition) is 1. The third-order valence-corrected chi connectivity index (χ3v) is 2.49. The minimum atomic E-state index is -0.782. The Hall–Kier alpha value is -1.76. The van der Waals surface area contributed by atoms with Gasteiger partial charge in [-0.15, -0.1) is 0 Å². The predicted molar refractivity (Wildman–Crippen MR) is 60.6 cm³/mol. The molecule has 1 aromatic heterocycles. The van der Waals surface area contributed by atoms with E-state index in [0.717, 1.165) is 12.3 Å². The van der Waals surface area contributed by atoms with Crippen molar-refractivity contribution in [3.05, 3.63) is 40.5 Å². The Morgan fingerprint density at radius 3 is 2.82 bits per heavy atom. The molecule has 0 aliphatic rings. The Labute approximate surface area is 104 Å². The quantitative estimate of drug-likeness (QED) is 0.926. The van der Waals surface area contributed by atoms with Gasteiger partial charge in [0.2, 0.25) is 11.8 Å². The van der Waals surface area contributed by atoms with Crippen LogP contribution in [0, 0.1) is 11.6 Å². The molecular weight excluding hydrogens is 296 g/mol. The summed E-state index contributed by atoms with van der Waals surface area (Å²) in [5, 5.41) is 0. The molecule has 88 valence electrons. The zero-order valence-corrected chi connectivity index (χ0v) is 9.91. The second kappa shape index (κ2) is 4.62. The van der Waals surface area contributed by atoms with Crippen molar-refractivity contribution < 1.29 is 13.5 Å². The number of aromatic nitrogens is 2. The maximum Gasteiger partial charge on any atom is 0.260 e. The molecule has 0 amide bonds. The molecule has 2 aromatic rings.